The molecule has 1 heterocycles. The molecule has 1 unspecified atom stereocenters. The van der Waals surface area contributed by atoms with Crippen molar-refractivity contribution in [1.82, 2.24) is 4.57 Å². The summed E-state index contributed by atoms with van der Waals surface area (Å²) in [7, 11) is 1.62. The highest BCUT2D eigenvalue weighted by Gasteiger charge is 2.08. The van der Waals surface area contributed by atoms with Crippen molar-refractivity contribution in [3.63, 3.8) is 0 Å². The maximum atomic E-state index is 11.9. The van der Waals surface area contributed by atoms with Crippen LogP contribution in [-0.2, 0) is 20.9 Å². The average molecular weight is 304 g/mol. The minimum atomic E-state index is -0.887. The molecule has 1 aromatic heterocycles. The van der Waals surface area contributed by atoms with Crippen LogP contribution in [0.15, 0.2) is 30.5 Å². The number of benzene rings is 1. The van der Waals surface area contributed by atoms with Crippen molar-refractivity contribution in [1.29, 1.82) is 0 Å². The van der Waals surface area contributed by atoms with Crippen LogP contribution in [0.3, 0.4) is 0 Å². The van der Waals surface area contributed by atoms with E-state index in [9.17, 15) is 9.59 Å². The zero-order valence-corrected chi connectivity index (χ0v) is 12.7. The third-order valence-corrected chi connectivity index (χ3v) is 3.54. The summed E-state index contributed by atoms with van der Waals surface area (Å²) in [5.74, 6) is -0.949. The molecule has 6 heteroatoms. The molecule has 0 fully saturated rings. The molecule has 0 aliphatic carbocycles. The molecule has 0 saturated carbocycles. The number of carboxylic acids is 1. The van der Waals surface area contributed by atoms with E-state index >= 15 is 0 Å². The molecular formula is C16H20N2O4. The van der Waals surface area contributed by atoms with Crippen LogP contribution in [0.1, 0.15) is 19.8 Å². The number of carboxylic acid groups (broad SMARTS) is 1. The number of anilines is 1. The Balaban J connectivity index is 2.04. The number of carbonyl (C=O) groups excluding carboxylic acids is 1. The molecule has 2 aromatic rings. The third-order valence-electron chi connectivity index (χ3n) is 3.54. The lowest BCUT2D eigenvalue weighted by Crippen LogP contribution is -2.15. The molecule has 0 aliphatic heterocycles. The summed E-state index contributed by atoms with van der Waals surface area (Å²) in [5.41, 5.74) is 1.53. The van der Waals surface area contributed by atoms with Gasteiger partial charge in [-0.1, -0.05) is 0 Å². The predicted octanol–water partition coefficient (Wildman–Crippen LogP) is 2.48. The van der Waals surface area contributed by atoms with Crippen molar-refractivity contribution < 1.29 is 19.4 Å². The number of aliphatic carboxylic acids is 1. The van der Waals surface area contributed by atoms with Gasteiger partial charge in [-0.2, -0.15) is 0 Å². The standard InChI is InChI=1S/C16H20N2O4/c1-11(22-2)3-6-15(19)17-13-4-5-14-12(9-13)7-8-18(14)10-16(20)21/h4-5,7-9,11H,3,6,10H2,1-2H3,(H,17,19)(H,20,21). The van der Waals surface area contributed by atoms with Crippen molar-refractivity contribution in [3.8, 4) is 0 Å². The Labute approximate surface area is 128 Å². The normalized spacial score (nSPS) is 12.3. The van der Waals surface area contributed by atoms with Crippen LogP contribution < -0.4 is 5.32 Å². The van der Waals surface area contributed by atoms with Crippen molar-refractivity contribution >= 4 is 28.5 Å². The molecule has 22 heavy (non-hydrogen) atoms. The second-order valence-corrected chi connectivity index (χ2v) is 5.24. The number of amides is 1. The van der Waals surface area contributed by atoms with Crippen LogP contribution in [0.25, 0.3) is 10.9 Å². The quantitative estimate of drug-likeness (QED) is 0.823. The van der Waals surface area contributed by atoms with Crippen LogP contribution in [0.2, 0.25) is 0 Å². The lowest BCUT2D eigenvalue weighted by atomic mass is 10.2. The monoisotopic (exact) mass is 304 g/mol. The molecule has 0 radical (unpaired) electrons. The Morgan fingerprint density at radius 1 is 1.36 bits per heavy atom. The second-order valence-electron chi connectivity index (χ2n) is 5.24. The Hall–Kier alpha value is -2.34. The number of methoxy groups -OCH3 is 1. The molecule has 0 bridgehead atoms. The Morgan fingerprint density at radius 3 is 2.82 bits per heavy atom. The highest BCUT2D eigenvalue weighted by Crippen LogP contribution is 2.21. The first-order valence-electron chi connectivity index (χ1n) is 7.13. The van der Waals surface area contributed by atoms with Gasteiger partial charge in [-0.25, -0.2) is 0 Å². The lowest BCUT2D eigenvalue weighted by Gasteiger charge is -2.09. The molecule has 1 aromatic carbocycles. The SMILES string of the molecule is COC(C)CCC(=O)Nc1ccc2c(ccn2CC(=O)O)c1. The van der Waals surface area contributed by atoms with Gasteiger partial charge < -0.3 is 19.7 Å². The van der Waals surface area contributed by atoms with Gasteiger partial charge in [0, 0.05) is 36.3 Å². The van der Waals surface area contributed by atoms with E-state index in [1.807, 2.05) is 25.1 Å². The van der Waals surface area contributed by atoms with E-state index in [1.54, 1.807) is 23.9 Å². The van der Waals surface area contributed by atoms with E-state index in [0.29, 0.717) is 18.5 Å². The largest absolute Gasteiger partial charge is 0.480 e. The van der Waals surface area contributed by atoms with Gasteiger partial charge in [0.15, 0.2) is 0 Å². The number of nitrogens with zero attached hydrogens (tertiary/aromatic N) is 1. The first-order valence-corrected chi connectivity index (χ1v) is 7.13. The van der Waals surface area contributed by atoms with E-state index in [0.717, 1.165) is 10.9 Å². The number of ether oxygens (including phenoxy) is 1. The average Bonchev–Trinajstić information content (AvgIpc) is 2.86. The Kier molecular flexibility index (Phi) is 5.16. The molecule has 0 spiro atoms. The zero-order chi connectivity index (χ0) is 16.1. The zero-order valence-electron chi connectivity index (χ0n) is 12.7. The maximum absolute atomic E-state index is 11.9. The van der Waals surface area contributed by atoms with Crippen molar-refractivity contribution in [2.45, 2.75) is 32.4 Å². The summed E-state index contributed by atoms with van der Waals surface area (Å²) in [4.78, 5) is 22.7. The Bertz CT molecular complexity index is 678. The first kappa shape index (κ1) is 16.0. The van der Waals surface area contributed by atoms with Gasteiger partial charge in [0.25, 0.3) is 0 Å². The number of nitrogens with one attached hydrogen (secondary N) is 1. The van der Waals surface area contributed by atoms with Gasteiger partial charge in [-0.3, -0.25) is 9.59 Å². The van der Waals surface area contributed by atoms with Crippen LogP contribution in [0.5, 0.6) is 0 Å². The molecule has 0 aliphatic rings. The second kappa shape index (κ2) is 7.09. The predicted molar refractivity (Wildman–Crippen MR) is 83.9 cm³/mol. The van der Waals surface area contributed by atoms with Crippen LogP contribution >= 0.6 is 0 Å². The molecule has 1 atom stereocenters. The van der Waals surface area contributed by atoms with E-state index < -0.39 is 5.97 Å². The van der Waals surface area contributed by atoms with Crippen molar-refractivity contribution in [3.05, 3.63) is 30.5 Å². The maximum Gasteiger partial charge on any atom is 0.323 e. The van der Waals surface area contributed by atoms with E-state index in [-0.39, 0.29) is 18.6 Å². The highest BCUT2D eigenvalue weighted by atomic mass is 16.5. The molecule has 1 amide bonds. The van der Waals surface area contributed by atoms with Gasteiger partial charge >= 0.3 is 5.97 Å². The molecule has 0 saturated heterocycles. The molecule has 6 nitrogen and oxygen atoms in total. The van der Waals surface area contributed by atoms with Crippen LogP contribution in [0.4, 0.5) is 5.69 Å². The van der Waals surface area contributed by atoms with Crippen LogP contribution in [0, 0.1) is 0 Å². The van der Waals surface area contributed by atoms with Gasteiger partial charge in [-0.15, -0.1) is 0 Å². The van der Waals surface area contributed by atoms with Gasteiger partial charge in [0.05, 0.1) is 6.10 Å². The van der Waals surface area contributed by atoms with Gasteiger partial charge in [-0.05, 0) is 37.6 Å². The minimum absolute atomic E-state index is 0.0540. The molecule has 2 rings (SSSR count). The number of fused-ring (bicyclic) bond motifs is 1. The fourth-order valence-electron chi connectivity index (χ4n) is 2.24. The molecule has 2 N–H and O–H groups in total. The summed E-state index contributed by atoms with van der Waals surface area (Å²) >= 11 is 0. The number of hydrogen-bond donors (Lipinski definition) is 2. The summed E-state index contributed by atoms with van der Waals surface area (Å²) < 4.78 is 6.77. The highest BCUT2D eigenvalue weighted by molar-refractivity contribution is 5.94. The molecular weight excluding hydrogens is 284 g/mol. The summed E-state index contributed by atoms with van der Waals surface area (Å²) in [6.45, 7) is 1.84. The fraction of sp³-hybridized carbons (Fsp3) is 0.375. The smallest absolute Gasteiger partial charge is 0.323 e. The van der Waals surface area contributed by atoms with E-state index in [2.05, 4.69) is 5.32 Å². The third kappa shape index (κ3) is 4.08. The van der Waals surface area contributed by atoms with E-state index in [4.69, 9.17) is 9.84 Å². The number of rotatable bonds is 7. The number of hydrogen-bond acceptors (Lipinski definition) is 3. The minimum Gasteiger partial charge on any atom is -0.480 e. The summed E-state index contributed by atoms with van der Waals surface area (Å²) in [6, 6.07) is 7.26. The number of carbonyl (C=O) groups is 2. The summed E-state index contributed by atoms with van der Waals surface area (Å²) in [5, 5.41) is 12.6. The topological polar surface area (TPSA) is 80.6 Å². The number of aromatic nitrogens is 1. The van der Waals surface area contributed by atoms with Gasteiger partial charge in [0.1, 0.15) is 6.54 Å². The van der Waals surface area contributed by atoms with Crippen LogP contribution in [-0.4, -0.2) is 34.8 Å². The van der Waals surface area contributed by atoms with E-state index in [1.165, 1.54) is 0 Å². The fourth-order valence-corrected chi connectivity index (χ4v) is 2.24. The van der Waals surface area contributed by atoms with Crippen molar-refractivity contribution in [2.24, 2.45) is 0 Å². The Morgan fingerprint density at radius 2 is 2.14 bits per heavy atom. The first-order chi connectivity index (χ1) is 10.5. The summed E-state index contributed by atoms with van der Waals surface area (Å²) in [6.07, 6.45) is 2.84. The lowest BCUT2D eigenvalue weighted by molar-refractivity contribution is -0.137. The van der Waals surface area contributed by atoms with Crippen molar-refractivity contribution in [2.75, 3.05) is 12.4 Å². The van der Waals surface area contributed by atoms with Gasteiger partial charge in [0.2, 0.25) is 5.91 Å². The molecule has 118 valence electrons.